The third-order valence-corrected chi connectivity index (χ3v) is 3.62. The number of ether oxygens (including phenoxy) is 2. The normalized spacial score (nSPS) is 11.1. The summed E-state index contributed by atoms with van der Waals surface area (Å²) in [6, 6.07) is 15.0. The average molecular weight is 469 g/mol. The molecule has 0 radical (unpaired) electrons. The molecule has 0 heterocycles. The van der Waals surface area contributed by atoms with E-state index in [4.69, 9.17) is 9.47 Å². The minimum Gasteiger partial charge on any atom is -0.497 e. The van der Waals surface area contributed by atoms with Crippen molar-refractivity contribution >= 4 is 5.78 Å². The number of hydrogen-bond acceptors (Lipinski definition) is 3. The molecule has 2 aromatic carbocycles. The summed E-state index contributed by atoms with van der Waals surface area (Å²) in [6.45, 7) is 20.5. The fraction of sp³-hybridized carbons (Fsp3) is 0.452. The molecule has 0 saturated heterocycles. The van der Waals surface area contributed by atoms with Crippen molar-refractivity contribution in [3.8, 4) is 11.5 Å². The van der Waals surface area contributed by atoms with Crippen LogP contribution in [0.25, 0.3) is 0 Å². The number of carbonyl (C=O) groups is 1. The smallest absolute Gasteiger partial charge is 0.181 e. The summed E-state index contributed by atoms with van der Waals surface area (Å²) in [5.41, 5.74) is 1.83. The molecule has 190 valence electrons. The fourth-order valence-corrected chi connectivity index (χ4v) is 2.20. The summed E-state index contributed by atoms with van der Waals surface area (Å²) in [5.74, 6) is 3.12. The standard InChI is InChI=1S/C17H18O3.C6H10.2C4H10/c1-12-6-4-5-7-16(12)20-17(13(2)18)14-8-10-15(19-3)11-9-14;1-3-5-6-4-2;2*1-4(2)3/h4-11,17H,1-3H3;3-6H,1-2H3;2*4H,1-3H3/b;5-3-,6-4-;;. The lowest BCUT2D eigenvalue weighted by Crippen LogP contribution is -2.16. The van der Waals surface area contributed by atoms with Gasteiger partial charge >= 0.3 is 0 Å². The van der Waals surface area contributed by atoms with Crippen LogP contribution in [-0.2, 0) is 4.79 Å². The first-order chi connectivity index (χ1) is 16.0. The van der Waals surface area contributed by atoms with Gasteiger partial charge in [0.25, 0.3) is 0 Å². The third-order valence-electron chi connectivity index (χ3n) is 3.62. The van der Waals surface area contributed by atoms with Crippen molar-refractivity contribution < 1.29 is 14.3 Å². The van der Waals surface area contributed by atoms with E-state index in [1.807, 2.05) is 93.6 Å². The lowest BCUT2D eigenvalue weighted by molar-refractivity contribution is -0.123. The molecule has 0 aliphatic heterocycles. The van der Waals surface area contributed by atoms with Gasteiger partial charge in [-0.2, -0.15) is 0 Å². The highest BCUT2D eigenvalue weighted by Gasteiger charge is 2.19. The maximum atomic E-state index is 11.9. The van der Waals surface area contributed by atoms with E-state index < -0.39 is 6.10 Å². The molecule has 0 amide bonds. The summed E-state index contributed by atoms with van der Waals surface area (Å²) in [7, 11) is 1.61. The highest BCUT2D eigenvalue weighted by molar-refractivity contribution is 5.82. The number of ketones is 1. The van der Waals surface area contributed by atoms with Crippen molar-refractivity contribution in [1.82, 2.24) is 0 Å². The van der Waals surface area contributed by atoms with Crippen LogP contribution in [0.15, 0.2) is 72.8 Å². The molecule has 0 aliphatic carbocycles. The van der Waals surface area contributed by atoms with E-state index in [1.54, 1.807) is 7.11 Å². The van der Waals surface area contributed by atoms with Crippen molar-refractivity contribution in [1.29, 1.82) is 0 Å². The monoisotopic (exact) mass is 468 g/mol. The first kappa shape index (κ1) is 33.4. The highest BCUT2D eigenvalue weighted by atomic mass is 16.5. The minimum atomic E-state index is -0.595. The molecule has 0 saturated carbocycles. The molecule has 0 spiro atoms. The Kier molecular flexibility index (Phi) is 20.4. The number of methoxy groups -OCH3 is 1. The van der Waals surface area contributed by atoms with Gasteiger partial charge in [-0.25, -0.2) is 0 Å². The zero-order valence-electron chi connectivity index (χ0n) is 23.4. The first-order valence-electron chi connectivity index (χ1n) is 12.1. The average Bonchev–Trinajstić information content (AvgIpc) is 2.77. The first-order valence-corrected chi connectivity index (χ1v) is 12.1. The number of rotatable bonds is 6. The Labute approximate surface area is 209 Å². The minimum absolute atomic E-state index is 0.0292. The van der Waals surface area contributed by atoms with E-state index >= 15 is 0 Å². The quantitative estimate of drug-likeness (QED) is 0.396. The topological polar surface area (TPSA) is 35.5 Å². The number of Topliss-reactive ketones (excluding diaryl/α,β-unsaturated/α-hetero) is 1. The van der Waals surface area contributed by atoms with E-state index in [0.29, 0.717) is 0 Å². The number of allylic oxidation sites excluding steroid dienone is 4. The van der Waals surface area contributed by atoms with Crippen molar-refractivity contribution in [2.75, 3.05) is 7.11 Å². The summed E-state index contributed by atoms with van der Waals surface area (Å²) in [5, 5.41) is 0. The molecule has 2 aromatic rings. The Bertz CT molecular complexity index is 793. The van der Waals surface area contributed by atoms with Gasteiger partial charge in [0.15, 0.2) is 11.9 Å². The van der Waals surface area contributed by atoms with Crippen molar-refractivity contribution in [3.05, 3.63) is 84.0 Å². The fourth-order valence-electron chi connectivity index (χ4n) is 2.20. The van der Waals surface area contributed by atoms with Gasteiger partial charge in [0, 0.05) is 5.56 Å². The van der Waals surface area contributed by atoms with Gasteiger partial charge in [0.1, 0.15) is 11.5 Å². The lowest BCUT2D eigenvalue weighted by Gasteiger charge is -2.18. The molecule has 0 fully saturated rings. The summed E-state index contributed by atoms with van der Waals surface area (Å²) >= 11 is 0. The van der Waals surface area contributed by atoms with Crippen LogP contribution >= 0.6 is 0 Å². The van der Waals surface area contributed by atoms with Crippen LogP contribution in [0.5, 0.6) is 11.5 Å². The Balaban J connectivity index is 0. The van der Waals surface area contributed by atoms with Gasteiger partial charge in [-0.05, 0) is 63.3 Å². The molecule has 34 heavy (non-hydrogen) atoms. The predicted octanol–water partition coefficient (Wildman–Crippen LogP) is 9.18. The Morgan fingerprint density at radius 2 is 1.24 bits per heavy atom. The molecule has 3 heteroatoms. The van der Waals surface area contributed by atoms with Gasteiger partial charge in [-0.3, -0.25) is 4.79 Å². The van der Waals surface area contributed by atoms with Crippen molar-refractivity contribution in [2.45, 2.75) is 75.3 Å². The van der Waals surface area contributed by atoms with E-state index in [9.17, 15) is 4.79 Å². The highest BCUT2D eigenvalue weighted by Crippen LogP contribution is 2.26. The number of benzene rings is 2. The Morgan fingerprint density at radius 1 is 0.794 bits per heavy atom. The van der Waals surface area contributed by atoms with E-state index in [1.165, 1.54) is 6.92 Å². The van der Waals surface area contributed by atoms with Crippen LogP contribution < -0.4 is 9.47 Å². The number of aryl methyl sites for hydroxylation is 1. The second kappa shape index (κ2) is 20.8. The van der Waals surface area contributed by atoms with Crippen LogP contribution in [0.4, 0.5) is 0 Å². The van der Waals surface area contributed by atoms with Crippen LogP contribution in [0.2, 0.25) is 0 Å². The number of para-hydroxylation sites is 1. The van der Waals surface area contributed by atoms with E-state index in [0.717, 1.165) is 34.5 Å². The third kappa shape index (κ3) is 18.7. The molecule has 1 unspecified atom stereocenters. The predicted molar refractivity (Wildman–Crippen MR) is 149 cm³/mol. The second-order valence-corrected chi connectivity index (χ2v) is 9.16. The van der Waals surface area contributed by atoms with Crippen LogP contribution in [0.3, 0.4) is 0 Å². The molecular formula is C31H48O3. The van der Waals surface area contributed by atoms with Crippen LogP contribution in [0, 0.1) is 18.8 Å². The molecule has 0 N–H and O–H groups in total. The van der Waals surface area contributed by atoms with Gasteiger partial charge in [-0.15, -0.1) is 0 Å². The maximum Gasteiger partial charge on any atom is 0.181 e. The zero-order valence-corrected chi connectivity index (χ0v) is 23.4. The summed E-state index contributed by atoms with van der Waals surface area (Å²) in [4.78, 5) is 11.9. The van der Waals surface area contributed by atoms with Gasteiger partial charge in [-0.1, -0.05) is 96.2 Å². The molecular weight excluding hydrogens is 420 g/mol. The van der Waals surface area contributed by atoms with E-state index in [-0.39, 0.29) is 5.78 Å². The Morgan fingerprint density at radius 3 is 1.59 bits per heavy atom. The largest absolute Gasteiger partial charge is 0.497 e. The summed E-state index contributed by atoms with van der Waals surface area (Å²) < 4.78 is 11.0. The summed E-state index contributed by atoms with van der Waals surface area (Å²) in [6.07, 6.45) is 7.40. The molecule has 2 rings (SSSR count). The van der Waals surface area contributed by atoms with Crippen molar-refractivity contribution in [3.63, 3.8) is 0 Å². The molecule has 1 atom stereocenters. The molecule has 0 bridgehead atoms. The van der Waals surface area contributed by atoms with Gasteiger partial charge in [0.2, 0.25) is 0 Å². The van der Waals surface area contributed by atoms with Crippen LogP contribution in [0.1, 0.15) is 79.5 Å². The van der Waals surface area contributed by atoms with Crippen LogP contribution in [-0.4, -0.2) is 12.9 Å². The maximum absolute atomic E-state index is 11.9. The SMILES string of the molecule is C/C=C\C=C/C.CC(C)C.CC(C)C.COc1ccc(C(Oc2ccccc2C)C(C)=O)cc1. The Hall–Kier alpha value is -2.81. The second-order valence-electron chi connectivity index (χ2n) is 9.16. The molecule has 3 nitrogen and oxygen atoms in total. The molecule has 0 aliphatic rings. The zero-order chi connectivity index (χ0) is 26.5. The van der Waals surface area contributed by atoms with Crippen molar-refractivity contribution in [2.24, 2.45) is 11.8 Å². The molecule has 0 aromatic heterocycles. The lowest BCUT2D eigenvalue weighted by atomic mass is 10.1. The van der Waals surface area contributed by atoms with Gasteiger partial charge in [0.05, 0.1) is 7.11 Å². The number of carbonyl (C=O) groups excluding carboxylic acids is 1. The van der Waals surface area contributed by atoms with Gasteiger partial charge < -0.3 is 9.47 Å². The number of hydrogen-bond donors (Lipinski definition) is 0. The van der Waals surface area contributed by atoms with E-state index in [2.05, 4.69) is 41.5 Å².